The summed E-state index contributed by atoms with van der Waals surface area (Å²) in [5, 5.41) is 7.95. The van der Waals surface area contributed by atoms with Crippen molar-refractivity contribution in [2.75, 3.05) is 17.6 Å². The Kier molecular flexibility index (Phi) is 4.32. The van der Waals surface area contributed by atoms with Crippen LogP contribution < -0.4 is 11.1 Å². The number of nitrogens with two attached hydrogens (primary N) is 1. The average Bonchev–Trinajstić information content (AvgIpc) is 2.73. The minimum Gasteiger partial charge on any atom is -0.394 e. The molecule has 1 aromatic carbocycles. The van der Waals surface area contributed by atoms with Crippen LogP contribution in [0.3, 0.4) is 0 Å². The van der Waals surface area contributed by atoms with Gasteiger partial charge in [-0.2, -0.15) is 5.10 Å². The topological polar surface area (TPSA) is 55.9 Å². The zero-order valence-corrected chi connectivity index (χ0v) is 12.7. The Bertz CT molecular complexity index is 557. The fraction of sp³-hybridized carbons (Fsp3) is 0.438. The Morgan fingerprint density at radius 2 is 1.85 bits per heavy atom. The fourth-order valence-electron chi connectivity index (χ4n) is 2.26. The second kappa shape index (κ2) is 5.99. The predicted molar refractivity (Wildman–Crippen MR) is 85.1 cm³/mol. The highest BCUT2D eigenvalue weighted by Crippen LogP contribution is 2.26. The van der Waals surface area contributed by atoms with E-state index < -0.39 is 0 Å². The number of hydrogen-bond acceptors (Lipinski definition) is 3. The molecular weight excluding hydrogens is 248 g/mol. The molecule has 0 aliphatic rings. The lowest BCUT2D eigenvalue weighted by Gasteiger charge is -2.17. The summed E-state index contributed by atoms with van der Waals surface area (Å²) in [4.78, 5) is 0. The molecule has 0 saturated heterocycles. The Hall–Kier alpha value is -1.97. The van der Waals surface area contributed by atoms with E-state index in [9.17, 15) is 0 Å². The molecular formula is C16H24N4. The van der Waals surface area contributed by atoms with Gasteiger partial charge in [0.25, 0.3) is 0 Å². The van der Waals surface area contributed by atoms with Gasteiger partial charge in [-0.15, -0.1) is 0 Å². The summed E-state index contributed by atoms with van der Waals surface area (Å²) >= 11 is 0. The molecule has 2 aromatic rings. The van der Waals surface area contributed by atoms with Gasteiger partial charge in [-0.25, -0.2) is 4.68 Å². The van der Waals surface area contributed by atoms with Crippen molar-refractivity contribution in [3.8, 4) is 0 Å². The molecule has 3 N–H and O–H groups in total. The number of benzene rings is 1. The second-order valence-corrected chi connectivity index (χ2v) is 5.58. The number of aryl methyl sites for hydroxylation is 1. The van der Waals surface area contributed by atoms with E-state index in [1.165, 1.54) is 5.56 Å². The number of nitrogens with one attached hydrogen (secondary N) is 1. The maximum absolute atomic E-state index is 6.12. The van der Waals surface area contributed by atoms with E-state index in [0.29, 0.717) is 12.0 Å². The van der Waals surface area contributed by atoms with Crippen LogP contribution in [-0.2, 0) is 0 Å². The quantitative estimate of drug-likeness (QED) is 0.875. The Labute approximate surface area is 121 Å². The Morgan fingerprint density at radius 3 is 2.45 bits per heavy atom. The van der Waals surface area contributed by atoms with Crippen molar-refractivity contribution in [2.24, 2.45) is 0 Å². The van der Waals surface area contributed by atoms with Crippen molar-refractivity contribution in [3.05, 3.63) is 41.6 Å². The molecule has 1 aromatic heterocycles. The Morgan fingerprint density at radius 1 is 1.20 bits per heavy atom. The molecule has 2 rings (SSSR count). The standard InChI is InChI=1S/C16H24N4/c1-11(2)20-16(15(17)13(4)19-20)18-10-12(3)14-8-6-5-7-9-14/h5-9,11-12,18H,10,17H2,1-4H3. The van der Waals surface area contributed by atoms with Gasteiger partial charge in [-0.3, -0.25) is 0 Å². The number of nitrogen functional groups attached to an aromatic ring is 1. The van der Waals surface area contributed by atoms with Crippen LogP contribution in [0.5, 0.6) is 0 Å². The first-order chi connectivity index (χ1) is 9.50. The van der Waals surface area contributed by atoms with Crippen LogP contribution in [0.15, 0.2) is 30.3 Å². The monoisotopic (exact) mass is 272 g/mol. The molecule has 0 aliphatic carbocycles. The largest absolute Gasteiger partial charge is 0.394 e. The number of nitrogens with zero attached hydrogens (tertiary/aromatic N) is 2. The van der Waals surface area contributed by atoms with Gasteiger partial charge < -0.3 is 11.1 Å². The van der Waals surface area contributed by atoms with Crippen molar-refractivity contribution in [3.63, 3.8) is 0 Å². The third-order valence-electron chi connectivity index (χ3n) is 3.57. The van der Waals surface area contributed by atoms with E-state index in [1.54, 1.807) is 0 Å². The highest BCUT2D eigenvalue weighted by atomic mass is 15.4. The zero-order valence-electron chi connectivity index (χ0n) is 12.7. The molecule has 20 heavy (non-hydrogen) atoms. The molecule has 0 aliphatic heterocycles. The zero-order chi connectivity index (χ0) is 14.7. The minimum absolute atomic E-state index is 0.292. The average molecular weight is 272 g/mol. The van der Waals surface area contributed by atoms with E-state index >= 15 is 0 Å². The maximum atomic E-state index is 6.12. The first kappa shape index (κ1) is 14.4. The van der Waals surface area contributed by atoms with Gasteiger partial charge in [-0.1, -0.05) is 37.3 Å². The van der Waals surface area contributed by atoms with Crippen LogP contribution in [0.4, 0.5) is 11.5 Å². The van der Waals surface area contributed by atoms with Crippen LogP contribution in [-0.4, -0.2) is 16.3 Å². The minimum atomic E-state index is 0.292. The van der Waals surface area contributed by atoms with Gasteiger partial charge >= 0.3 is 0 Å². The van der Waals surface area contributed by atoms with Crippen LogP contribution in [0.1, 0.15) is 44.0 Å². The number of anilines is 2. The highest BCUT2D eigenvalue weighted by Gasteiger charge is 2.15. The van der Waals surface area contributed by atoms with Crippen molar-refractivity contribution in [1.29, 1.82) is 0 Å². The van der Waals surface area contributed by atoms with E-state index in [2.05, 4.69) is 55.5 Å². The summed E-state index contributed by atoms with van der Waals surface area (Å²) in [7, 11) is 0. The summed E-state index contributed by atoms with van der Waals surface area (Å²) in [5.74, 6) is 1.35. The van der Waals surface area contributed by atoms with Gasteiger partial charge in [-0.05, 0) is 32.3 Å². The number of hydrogen-bond donors (Lipinski definition) is 2. The van der Waals surface area contributed by atoms with Crippen LogP contribution in [0, 0.1) is 6.92 Å². The highest BCUT2D eigenvalue weighted by molar-refractivity contribution is 5.65. The predicted octanol–water partition coefficient (Wildman–Crippen LogP) is 3.57. The van der Waals surface area contributed by atoms with Crippen LogP contribution in [0.25, 0.3) is 0 Å². The van der Waals surface area contributed by atoms with Gasteiger partial charge in [0.1, 0.15) is 5.82 Å². The molecule has 0 radical (unpaired) electrons. The third kappa shape index (κ3) is 2.95. The van der Waals surface area contributed by atoms with E-state index in [1.807, 2.05) is 17.7 Å². The van der Waals surface area contributed by atoms with Gasteiger partial charge in [0.05, 0.1) is 11.4 Å². The third-order valence-corrected chi connectivity index (χ3v) is 3.57. The van der Waals surface area contributed by atoms with Crippen LogP contribution in [0.2, 0.25) is 0 Å². The molecule has 0 bridgehead atoms. The SMILES string of the molecule is Cc1nn(C(C)C)c(NCC(C)c2ccccc2)c1N. The smallest absolute Gasteiger partial charge is 0.148 e. The fourth-order valence-corrected chi connectivity index (χ4v) is 2.26. The van der Waals surface area contributed by atoms with Crippen molar-refractivity contribution >= 4 is 11.5 Å². The van der Waals surface area contributed by atoms with Crippen LogP contribution >= 0.6 is 0 Å². The molecule has 108 valence electrons. The van der Waals surface area contributed by atoms with Crippen molar-refractivity contribution in [1.82, 2.24) is 9.78 Å². The first-order valence-electron chi connectivity index (χ1n) is 7.14. The van der Waals surface area contributed by atoms with E-state index in [-0.39, 0.29) is 0 Å². The molecule has 4 nitrogen and oxygen atoms in total. The first-order valence-corrected chi connectivity index (χ1v) is 7.14. The number of rotatable bonds is 5. The lowest BCUT2D eigenvalue weighted by molar-refractivity contribution is 0.533. The maximum Gasteiger partial charge on any atom is 0.148 e. The molecule has 0 fully saturated rings. The molecule has 0 amide bonds. The van der Waals surface area contributed by atoms with Crippen molar-refractivity contribution in [2.45, 2.75) is 39.7 Å². The molecule has 1 unspecified atom stereocenters. The summed E-state index contributed by atoms with van der Waals surface area (Å²) in [6.07, 6.45) is 0. The summed E-state index contributed by atoms with van der Waals surface area (Å²) in [5.41, 5.74) is 9.08. The molecule has 0 saturated carbocycles. The van der Waals surface area contributed by atoms with Gasteiger partial charge in [0, 0.05) is 12.6 Å². The Balaban J connectivity index is 2.11. The van der Waals surface area contributed by atoms with Gasteiger partial charge in [0.2, 0.25) is 0 Å². The summed E-state index contributed by atoms with van der Waals surface area (Å²) in [6, 6.07) is 10.8. The van der Waals surface area contributed by atoms with Crippen molar-refractivity contribution < 1.29 is 0 Å². The lowest BCUT2D eigenvalue weighted by atomic mass is 10.0. The molecule has 0 spiro atoms. The number of aromatic nitrogens is 2. The summed E-state index contributed by atoms with van der Waals surface area (Å²) < 4.78 is 1.96. The molecule has 1 atom stereocenters. The second-order valence-electron chi connectivity index (χ2n) is 5.58. The lowest BCUT2D eigenvalue weighted by Crippen LogP contribution is -2.15. The van der Waals surface area contributed by atoms with E-state index in [4.69, 9.17) is 5.73 Å². The molecule has 4 heteroatoms. The van der Waals surface area contributed by atoms with Gasteiger partial charge in [0.15, 0.2) is 0 Å². The van der Waals surface area contributed by atoms with E-state index in [0.717, 1.165) is 23.7 Å². The summed E-state index contributed by atoms with van der Waals surface area (Å²) in [6.45, 7) is 9.21. The molecule has 1 heterocycles. The normalized spacial score (nSPS) is 12.7.